The van der Waals surface area contributed by atoms with E-state index in [-0.39, 0.29) is 17.6 Å². The highest BCUT2D eigenvalue weighted by Gasteiger charge is 2.55. The first-order chi connectivity index (χ1) is 11.6. The zero-order valence-electron chi connectivity index (χ0n) is 12.9. The number of carbonyl (C=O) groups is 1. The van der Waals surface area contributed by atoms with Crippen LogP contribution in [-0.4, -0.2) is 21.7 Å². The van der Waals surface area contributed by atoms with Crippen LogP contribution in [0.15, 0.2) is 55.3 Å². The van der Waals surface area contributed by atoms with Crippen LogP contribution in [0.4, 0.5) is 10.1 Å². The second-order valence-corrected chi connectivity index (χ2v) is 5.58. The van der Waals surface area contributed by atoms with Gasteiger partial charge in [-0.2, -0.15) is 0 Å². The Morgan fingerprint density at radius 3 is 2.62 bits per heavy atom. The SMILES string of the molecule is [NH2+]=C(/C=C\Nc1cncnc1)NC(=O)C1(c2ccccc2F)CC1. The number of amidine groups is 1. The second-order valence-electron chi connectivity index (χ2n) is 5.58. The third-order valence-corrected chi connectivity index (χ3v) is 3.91. The lowest BCUT2D eigenvalue weighted by molar-refractivity contribution is -0.129. The predicted molar refractivity (Wildman–Crippen MR) is 87.2 cm³/mol. The van der Waals surface area contributed by atoms with Gasteiger partial charge in [0.1, 0.15) is 12.1 Å². The average molecular weight is 326 g/mol. The van der Waals surface area contributed by atoms with Crippen molar-refractivity contribution in [2.75, 3.05) is 5.32 Å². The molecule has 1 heterocycles. The van der Waals surface area contributed by atoms with Gasteiger partial charge in [0, 0.05) is 17.8 Å². The van der Waals surface area contributed by atoms with Crippen molar-refractivity contribution in [3.63, 3.8) is 0 Å². The molecule has 0 saturated heterocycles. The number of nitrogens with zero attached hydrogens (tertiary/aromatic N) is 2. The van der Waals surface area contributed by atoms with E-state index in [4.69, 9.17) is 5.41 Å². The maximum absolute atomic E-state index is 14.0. The zero-order valence-corrected chi connectivity index (χ0v) is 12.9. The molecule has 0 radical (unpaired) electrons. The lowest BCUT2D eigenvalue weighted by Crippen LogP contribution is -2.52. The largest absolute Gasteiger partial charge is 0.359 e. The summed E-state index contributed by atoms with van der Waals surface area (Å²) in [4.78, 5) is 20.2. The van der Waals surface area contributed by atoms with Crippen molar-refractivity contribution in [3.8, 4) is 0 Å². The number of nitrogens with one attached hydrogen (secondary N) is 2. The molecule has 1 aliphatic rings. The number of hydrogen-bond acceptors (Lipinski definition) is 4. The van der Waals surface area contributed by atoms with Gasteiger partial charge in [0.05, 0.1) is 23.5 Å². The number of nitrogens with two attached hydrogens (primary N) is 1. The van der Waals surface area contributed by atoms with E-state index in [1.54, 1.807) is 36.8 Å². The Morgan fingerprint density at radius 2 is 1.96 bits per heavy atom. The van der Waals surface area contributed by atoms with Crippen molar-refractivity contribution in [2.45, 2.75) is 18.3 Å². The molecule has 24 heavy (non-hydrogen) atoms. The Bertz CT molecular complexity index is 787. The molecule has 0 spiro atoms. The van der Waals surface area contributed by atoms with Gasteiger partial charge < -0.3 is 5.32 Å². The number of rotatable bonds is 5. The van der Waals surface area contributed by atoms with Crippen LogP contribution in [0.3, 0.4) is 0 Å². The topological polar surface area (TPSA) is 92.5 Å². The molecule has 0 bridgehead atoms. The lowest BCUT2D eigenvalue weighted by atomic mass is 9.94. The van der Waals surface area contributed by atoms with Gasteiger partial charge in [-0.15, -0.1) is 0 Å². The van der Waals surface area contributed by atoms with E-state index in [9.17, 15) is 9.18 Å². The number of amides is 1. The first-order valence-corrected chi connectivity index (χ1v) is 7.49. The summed E-state index contributed by atoms with van der Waals surface area (Å²) < 4.78 is 14.0. The number of carbonyl (C=O) groups excluding carboxylic acids is 1. The molecule has 122 valence electrons. The van der Waals surface area contributed by atoms with Crippen molar-refractivity contribution in [2.24, 2.45) is 0 Å². The van der Waals surface area contributed by atoms with Gasteiger partial charge in [0.25, 0.3) is 5.84 Å². The summed E-state index contributed by atoms with van der Waals surface area (Å²) in [7, 11) is 0. The van der Waals surface area contributed by atoms with E-state index in [0.717, 1.165) is 0 Å². The quantitative estimate of drug-likeness (QED) is 0.552. The Labute approximate surface area is 138 Å². The number of benzene rings is 1. The summed E-state index contributed by atoms with van der Waals surface area (Å²) in [6, 6.07) is 6.34. The predicted octanol–water partition coefficient (Wildman–Crippen LogP) is 0.547. The summed E-state index contributed by atoms with van der Waals surface area (Å²) in [5, 5.41) is 11.4. The Morgan fingerprint density at radius 1 is 1.25 bits per heavy atom. The Kier molecular flexibility index (Phi) is 4.33. The molecule has 0 unspecified atom stereocenters. The van der Waals surface area contributed by atoms with Crippen LogP contribution < -0.4 is 16.0 Å². The molecular weight excluding hydrogens is 309 g/mol. The van der Waals surface area contributed by atoms with Gasteiger partial charge >= 0.3 is 5.91 Å². The van der Waals surface area contributed by atoms with Crippen LogP contribution in [0, 0.1) is 5.82 Å². The standard InChI is InChI=1S/C17H16FN5O/c18-14-4-2-1-3-13(14)17(6-7-17)16(24)23-15(19)5-8-22-12-9-20-11-21-10-12/h1-5,8-11,22H,6-7H2,(H2,19,23,24)/p+1/b8-5-. The Hall–Kier alpha value is -3.09. The van der Waals surface area contributed by atoms with E-state index in [2.05, 4.69) is 20.6 Å². The molecule has 1 saturated carbocycles. The van der Waals surface area contributed by atoms with Crippen molar-refractivity contribution in [1.29, 1.82) is 0 Å². The molecule has 1 amide bonds. The van der Waals surface area contributed by atoms with E-state index < -0.39 is 5.41 Å². The van der Waals surface area contributed by atoms with Crippen LogP contribution >= 0.6 is 0 Å². The Balaban J connectivity index is 1.61. The average Bonchev–Trinajstić information content (AvgIpc) is 3.38. The highest BCUT2D eigenvalue weighted by molar-refractivity contribution is 6.06. The highest BCUT2D eigenvalue weighted by Crippen LogP contribution is 2.49. The van der Waals surface area contributed by atoms with E-state index in [1.807, 2.05) is 0 Å². The summed E-state index contributed by atoms with van der Waals surface area (Å²) in [5.74, 6) is -0.491. The summed E-state index contributed by atoms with van der Waals surface area (Å²) in [6.07, 6.45) is 8.92. The van der Waals surface area contributed by atoms with Crippen molar-refractivity contribution < 1.29 is 14.6 Å². The third kappa shape index (κ3) is 3.29. The van der Waals surface area contributed by atoms with Gasteiger partial charge in [-0.1, -0.05) is 18.2 Å². The van der Waals surface area contributed by atoms with Gasteiger partial charge in [-0.05, 0) is 18.9 Å². The molecule has 1 aliphatic carbocycles. The summed E-state index contributed by atoms with van der Waals surface area (Å²) in [5.41, 5.74) is 0.293. The number of hydrogen-bond donors (Lipinski definition) is 3. The van der Waals surface area contributed by atoms with Gasteiger partial charge in [-0.3, -0.25) is 5.41 Å². The van der Waals surface area contributed by atoms with E-state index in [1.165, 1.54) is 18.5 Å². The van der Waals surface area contributed by atoms with E-state index in [0.29, 0.717) is 24.1 Å². The maximum atomic E-state index is 14.0. The molecule has 3 rings (SSSR count). The first-order valence-electron chi connectivity index (χ1n) is 7.49. The van der Waals surface area contributed by atoms with Gasteiger partial charge in [0.2, 0.25) is 0 Å². The number of halogens is 1. The minimum atomic E-state index is -0.815. The molecule has 2 aromatic rings. The number of anilines is 1. The maximum Gasteiger partial charge on any atom is 0.318 e. The van der Waals surface area contributed by atoms with Crippen LogP contribution in [0.2, 0.25) is 0 Å². The zero-order chi connectivity index (χ0) is 17.0. The van der Waals surface area contributed by atoms with Crippen LogP contribution in [-0.2, 0) is 10.2 Å². The second kappa shape index (κ2) is 6.57. The smallest absolute Gasteiger partial charge is 0.318 e. The summed E-state index contributed by atoms with van der Waals surface area (Å²) >= 11 is 0. The highest BCUT2D eigenvalue weighted by atomic mass is 19.1. The fourth-order valence-electron chi connectivity index (χ4n) is 2.49. The molecule has 4 N–H and O–H groups in total. The van der Waals surface area contributed by atoms with Crippen LogP contribution in [0.1, 0.15) is 18.4 Å². The molecule has 1 fully saturated rings. The van der Waals surface area contributed by atoms with Crippen LogP contribution in [0.25, 0.3) is 0 Å². The molecule has 6 nitrogen and oxygen atoms in total. The number of aromatic nitrogens is 2. The fraction of sp³-hybridized carbons (Fsp3) is 0.176. The minimum Gasteiger partial charge on any atom is -0.359 e. The lowest BCUT2D eigenvalue weighted by Gasteiger charge is -2.12. The van der Waals surface area contributed by atoms with Gasteiger partial charge in [-0.25, -0.2) is 24.5 Å². The first kappa shape index (κ1) is 15.8. The molecule has 0 atom stereocenters. The fourth-order valence-corrected chi connectivity index (χ4v) is 2.49. The molecule has 1 aromatic carbocycles. The molecule has 0 aliphatic heterocycles. The third-order valence-electron chi connectivity index (χ3n) is 3.91. The van der Waals surface area contributed by atoms with Crippen LogP contribution in [0.5, 0.6) is 0 Å². The van der Waals surface area contributed by atoms with Crippen molar-refractivity contribution >= 4 is 17.4 Å². The molecule has 1 aromatic heterocycles. The van der Waals surface area contributed by atoms with Gasteiger partial charge in [0.15, 0.2) is 0 Å². The van der Waals surface area contributed by atoms with E-state index >= 15 is 0 Å². The summed E-state index contributed by atoms with van der Waals surface area (Å²) in [6.45, 7) is 0. The van der Waals surface area contributed by atoms with Crippen molar-refractivity contribution in [1.82, 2.24) is 15.3 Å². The molecular formula is C17H17FN5O+. The monoisotopic (exact) mass is 326 g/mol. The minimum absolute atomic E-state index is 0.173. The molecule has 7 heteroatoms. The normalized spacial score (nSPS) is 15.0. The van der Waals surface area contributed by atoms with Crippen molar-refractivity contribution in [3.05, 3.63) is 66.6 Å².